The summed E-state index contributed by atoms with van der Waals surface area (Å²) in [6.45, 7) is 0. The molecule has 0 saturated heterocycles. The van der Waals surface area contributed by atoms with E-state index in [0.717, 1.165) is 6.07 Å². The summed E-state index contributed by atoms with van der Waals surface area (Å²) in [7, 11) is 0. The Hall–Kier alpha value is -1.95. The number of hydrogen-bond donors (Lipinski definition) is 1. The first kappa shape index (κ1) is 12.5. The largest absolute Gasteiger partial charge is 0.573 e. The summed E-state index contributed by atoms with van der Waals surface area (Å²) in [5.74, 6) is -0.304. The number of ether oxygens (including phenoxy) is 1. The number of aliphatic hydroxyl groups is 1. The lowest BCUT2D eigenvalue weighted by Crippen LogP contribution is -2.18. The van der Waals surface area contributed by atoms with Gasteiger partial charge in [0.05, 0.1) is 6.26 Å². The van der Waals surface area contributed by atoms with E-state index in [1.165, 1.54) is 36.6 Å². The highest BCUT2D eigenvalue weighted by Gasteiger charge is 2.33. The lowest BCUT2D eigenvalue weighted by atomic mass is 10.1. The van der Waals surface area contributed by atoms with Gasteiger partial charge in [0.2, 0.25) is 0 Å². The van der Waals surface area contributed by atoms with Crippen LogP contribution in [0, 0.1) is 0 Å². The van der Waals surface area contributed by atoms with Crippen LogP contribution in [-0.4, -0.2) is 11.5 Å². The quantitative estimate of drug-likeness (QED) is 0.918. The summed E-state index contributed by atoms with van der Waals surface area (Å²) in [6, 6.07) is 8.37. The summed E-state index contributed by atoms with van der Waals surface area (Å²) in [6.07, 6.45) is -4.79. The molecular weight excluding hydrogens is 249 g/mol. The first-order valence-corrected chi connectivity index (χ1v) is 5.03. The molecule has 0 aliphatic heterocycles. The third-order valence-electron chi connectivity index (χ3n) is 2.25. The molecule has 3 nitrogen and oxygen atoms in total. The second-order valence-corrected chi connectivity index (χ2v) is 3.50. The molecule has 0 saturated carbocycles. The van der Waals surface area contributed by atoms with Crippen molar-refractivity contribution in [3.8, 4) is 5.75 Å². The third-order valence-corrected chi connectivity index (χ3v) is 2.25. The van der Waals surface area contributed by atoms with E-state index in [4.69, 9.17) is 4.42 Å². The van der Waals surface area contributed by atoms with Gasteiger partial charge < -0.3 is 14.3 Å². The van der Waals surface area contributed by atoms with Crippen LogP contribution in [0.4, 0.5) is 13.2 Å². The summed E-state index contributed by atoms with van der Waals surface area (Å²) in [5.41, 5.74) is -0.00947. The molecule has 1 N–H and O–H groups in total. The fourth-order valence-corrected chi connectivity index (χ4v) is 1.52. The second-order valence-electron chi connectivity index (χ2n) is 3.50. The van der Waals surface area contributed by atoms with Gasteiger partial charge in [-0.25, -0.2) is 0 Å². The van der Waals surface area contributed by atoms with E-state index >= 15 is 0 Å². The van der Waals surface area contributed by atoms with Gasteiger partial charge in [-0.3, -0.25) is 0 Å². The lowest BCUT2D eigenvalue weighted by molar-refractivity contribution is -0.275. The molecule has 1 aromatic carbocycles. The maximum Gasteiger partial charge on any atom is 0.573 e. The van der Waals surface area contributed by atoms with Crippen molar-refractivity contribution in [1.82, 2.24) is 0 Å². The van der Waals surface area contributed by atoms with Crippen LogP contribution in [0.1, 0.15) is 17.4 Å². The third kappa shape index (κ3) is 2.84. The predicted octanol–water partition coefficient (Wildman–Crippen LogP) is 3.26. The molecule has 18 heavy (non-hydrogen) atoms. The zero-order chi connectivity index (χ0) is 13.2. The molecule has 2 aromatic rings. The van der Waals surface area contributed by atoms with Crippen LogP contribution in [-0.2, 0) is 0 Å². The monoisotopic (exact) mass is 258 g/mol. The van der Waals surface area contributed by atoms with E-state index in [9.17, 15) is 18.3 Å². The Morgan fingerprint density at radius 3 is 2.44 bits per heavy atom. The highest BCUT2D eigenvalue weighted by atomic mass is 19.4. The number of halogens is 3. The summed E-state index contributed by atoms with van der Waals surface area (Å²) in [4.78, 5) is 0. The first-order chi connectivity index (χ1) is 8.47. The van der Waals surface area contributed by atoms with E-state index in [1.54, 1.807) is 0 Å². The maximum absolute atomic E-state index is 12.2. The number of para-hydroxylation sites is 1. The minimum absolute atomic E-state index is 0.00947. The van der Waals surface area contributed by atoms with E-state index < -0.39 is 18.2 Å². The number of furan rings is 1. The lowest BCUT2D eigenvalue weighted by Gasteiger charge is -2.15. The Balaban J connectivity index is 2.33. The van der Waals surface area contributed by atoms with Gasteiger partial charge >= 0.3 is 6.36 Å². The topological polar surface area (TPSA) is 42.6 Å². The van der Waals surface area contributed by atoms with Crippen molar-refractivity contribution in [3.63, 3.8) is 0 Å². The SMILES string of the molecule is OC(c1ccco1)c1ccccc1OC(F)(F)F. The van der Waals surface area contributed by atoms with Crippen molar-refractivity contribution in [2.24, 2.45) is 0 Å². The fourth-order valence-electron chi connectivity index (χ4n) is 1.52. The number of aliphatic hydroxyl groups excluding tert-OH is 1. The zero-order valence-corrected chi connectivity index (χ0v) is 9.02. The smallest absolute Gasteiger partial charge is 0.466 e. The maximum atomic E-state index is 12.2. The van der Waals surface area contributed by atoms with Crippen LogP contribution in [0.15, 0.2) is 47.1 Å². The molecule has 2 rings (SSSR count). The molecule has 0 radical (unpaired) electrons. The number of hydrogen-bond acceptors (Lipinski definition) is 3. The van der Waals surface area contributed by atoms with Crippen LogP contribution in [0.25, 0.3) is 0 Å². The number of benzene rings is 1. The highest BCUT2D eigenvalue weighted by molar-refractivity contribution is 5.38. The van der Waals surface area contributed by atoms with Gasteiger partial charge in [0.15, 0.2) is 0 Å². The van der Waals surface area contributed by atoms with Crippen molar-refractivity contribution >= 4 is 0 Å². The molecule has 0 amide bonds. The van der Waals surface area contributed by atoms with Crippen LogP contribution >= 0.6 is 0 Å². The van der Waals surface area contributed by atoms with Gasteiger partial charge in [-0.05, 0) is 18.2 Å². The van der Waals surface area contributed by atoms with Gasteiger partial charge in [0, 0.05) is 5.56 Å². The van der Waals surface area contributed by atoms with Crippen molar-refractivity contribution in [2.75, 3.05) is 0 Å². The Bertz CT molecular complexity index is 506. The van der Waals surface area contributed by atoms with Crippen LogP contribution in [0.2, 0.25) is 0 Å². The molecule has 0 spiro atoms. The van der Waals surface area contributed by atoms with Gasteiger partial charge in [0.1, 0.15) is 17.6 Å². The second kappa shape index (κ2) is 4.73. The number of rotatable bonds is 3. The highest BCUT2D eigenvalue weighted by Crippen LogP contribution is 2.33. The first-order valence-electron chi connectivity index (χ1n) is 5.03. The Kier molecular flexibility index (Phi) is 3.29. The van der Waals surface area contributed by atoms with E-state index in [0.29, 0.717) is 0 Å². The molecule has 1 unspecified atom stereocenters. The Labute approximate surface area is 100 Å². The average molecular weight is 258 g/mol. The normalized spacial score (nSPS) is 13.3. The van der Waals surface area contributed by atoms with Crippen molar-refractivity contribution < 1.29 is 27.4 Å². The summed E-state index contributed by atoms with van der Waals surface area (Å²) in [5, 5.41) is 9.92. The minimum atomic E-state index is -4.81. The molecule has 0 bridgehead atoms. The van der Waals surface area contributed by atoms with E-state index in [2.05, 4.69) is 4.74 Å². The van der Waals surface area contributed by atoms with Gasteiger partial charge in [0.25, 0.3) is 0 Å². The molecule has 1 aromatic heterocycles. The molecule has 96 valence electrons. The predicted molar refractivity (Wildman–Crippen MR) is 55.9 cm³/mol. The van der Waals surface area contributed by atoms with Crippen molar-refractivity contribution in [1.29, 1.82) is 0 Å². The molecule has 6 heteroatoms. The molecule has 1 atom stereocenters. The van der Waals surface area contributed by atoms with E-state index in [1.807, 2.05) is 0 Å². The molecule has 0 aliphatic rings. The van der Waals surface area contributed by atoms with Crippen molar-refractivity contribution in [3.05, 3.63) is 54.0 Å². The minimum Gasteiger partial charge on any atom is -0.466 e. The zero-order valence-electron chi connectivity index (χ0n) is 9.02. The standard InChI is InChI=1S/C12H9F3O3/c13-12(14,15)18-9-5-2-1-4-8(9)11(16)10-6-3-7-17-10/h1-7,11,16H. The molecule has 0 fully saturated rings. The van der Waals surface area contributed by atoms with Gasteiger partial charge in [-0.2, -0.15) is 0 Å². The Morgan fingerprint density at radius 1 is 1.11 bits per heavy atom. The van der Waals surface area contributed by atoms with Crippen LogP contribution in [0.3, 0.4) is 0 Å². The van der Waals surface area contributed by atoms with Crippen LogP contribution in [0.5, 0.6) is 5.75 Å². The van der Waals surface area contributed by atoms with Gasteiger partial charge in [-0.15, -0.1) is 13.2 Å². The van der Waals surface area contributed by atoms with Gasteiger partial charge in [-0.1, -0.05) is 18.2 Å². The number of alkyl halides is 3. The molecule has 0 aliphatic carbocycles. The summed E-state index contributed by atoms with van der Waals surface area (Å²) >= 11 is 0. The Morgan fingerprint density at radius 2 is 1.83 bits per heavy atom. The van der Waals surface area contributed by atoms with E-state index in [-0.39, 0.29) is 11.3 Å². The average Bonchev–Trinajstić information content (AvgIpc) is 2.80. The molecular formula is C12H9F3O3. The van der Waals surface area contributed by atoms with Crippen molar-refractivity contribution in [2.45, 2.75) is 12.5 Å². The molecule has 1 heterocycles. The van der Waals surface area contributed by atoms with Crippen LogP contribution < -0.4 is 4.74 Å². The summed E-state index contributed by atoms with van der Waals surface area (Å²) < 4.78 is 45.4. The fraction of sp³-hybridized carbons (Fsp3) is 0.167.